The van der Waals surface area contributed by atoms with Gasteiger partial charge in [-0.05, 0) is 39.0 Å². The molecule has 4 heteroatoms. The summed E-state index contributed by atoms with van der Waals surface area (Å²) in [7, 11) is 0. The van der Waals surface area contributed by atoms with Gasteiger partial charge < -0.3 is 0 Å². The molecule has 2 nitrogen and oxygen atoms in total. The molecular formula is C18H16BrFN2. The van der Waals surface area contributed by atoms with E-state index in [2.05, 4.69) is 70.9 Å². The molecule has 0 radical (unpaired) electrons. The third-order valence-electron chi connectivity index (χ3n) is 3.66. The van der Waals surface area contributed by atoms with Crippen LogP contribution in [0.3, 0.4) is 0 Å². The fourth-order valence-corrected chi connectivity index (χ4v) is 2.79. The van der Waals surface area contributed by atoms with Gasteiger partial charge in [0, 0.05) is 17.0 Å². The topological polar surface area (TPSA) is 25.8 Å². The average Bonchev–Trinajstić information content (AvgIpc) is 2.45. The summed E-state index contributed by atoms with van der Waals surface area (Å²) >= 11 is 3.31. The van der Waals surface area contributed by atoms with E-state index < -0.39 is 0 Å². The summed E-state index contributed by atoms with van der Waals surface area (Å²) in [6, 6.07) is 12.9. The SMILES string of the molecule is CC(C)(C)c1ccc(-c2nc(Br)nc3cc(F)ccc23)cc1. The number of benzene rings is 2. The predicted octanol–water partition coefficient (Wildman–Crippen LogP) is 5.50. The van der Waals surface area contributed by atoms with Gasteiger partial charge in [-0.25, -0.2) is 14.4 Å². The molecule has 0 amide bonds. The van der Waals surface area contributed by atoms with Crippen molar-refractivity contribution in [2.45, 2.75) is 26.2 Å². The van der Waals surface area contributed by atoms with Crippen LogP contribution in [-0.4, -0.2) is 9.97 Å². The van der Waals surface area contributed by atoms with Crippen LogP contribution < -0.4 is 0 Å². The number of nitrogens with zero attached hydrogens (tertiary/aromatic N) is 2. The second kappa shape index (κ2) is 5.43. The number of hydrogen-bond acceptors (Lipinski definition) is 2. The molecule has 1 aromatic heterocycles. The van der Waals surface area contributed by atoms with Gasteiger partial charge >= 0.3 is 0 Å². The minimum Gasteiger partial charge on any atom is -0.222 e. The van der Waals surface area contributed by atoms with Gasteiger partial charge in [-0.3, -0.25) is 0 Å². The Balaban J connectivity index is 2.17. The zero-order valence-corrected chi connectivity index (χ0v) is 14.3. The fourth-order valence-electron chi connectivity index (χ4n) is 2.42. The summed E-state index contributed by atoms with van der Waals surface area (Å²) in [5.41, 5.74) is 3.76. The highest BCUT2D eigenvalue weighted by Crippen LogP contribution is 2.30. The average molecular weight is 359 g/mol. The zero-order valence-electron chi connectivity index (χ0n) is 12.7. The molecule has 22 heavy (non-hydrogen) atoms. The number of halogens is 2. The van der Waals surface area contributed by atoms with E-state index in [4.69, 9.17) is 0 Å². The van der Waals surface area contributed by atoms with Gasteiger partial charge in [0.25, 0.3) is 0 Å². The fraction of sp³-hybridized carbons (Fsp3) is 0.222. The molecule has 0 bridgehead atoms. The molecule has 1 heterocycles. The highest BCUT2D eigenvalue weighted by Gasteiger charge is 2.14. The summed E-state index contributed by atoms with van der Waals surface area (Å²) in [5, 5.41) is 0.841. The molecule has 0 atom stereocenters. The third-order valence-corrected chi connectivity index (χ3v) is 4.01. The summed E-state index contributed by atoms with van der Waals surface area (Å²) in [6.07, 6.45) is 0. The number of aromatic nitrogens is 2. The monoisotopic (exact) mass is 358 g/mol. The standard InChI is InChI=1S/C18H16BrFN2/c1-18(2,3)12-6-4-11(5-7-12)16-14-9-8-13(20)10-15(14)21-17(19)22-16/h4-10H,1-3H3. The van der Waals surface area contributed by atoms with Crippen LogP contribution in [0.15, 0.2) is 47.2 Å². The predicted molar refractivity (Wildman–Crippen MR) is 91.3 cm³/mol. The minimum atomic E-state index is -0.299. The largest absolute Gasteiger partial charge is 0.222 e. The molecule has 0 N–H and O–H groups in total. The molecule has 112 valence electrons. The van der Waals surface area contributed by atoms with Crippen molar-refractivity contribution in [3.05, 3.63) is 58.6 Å². The Morgan fingerprint density at radius 3 is 2.27 bits per heavy atom. The van der Waals surface area contributed by atoms with E-state index in [1.165, 1.54) is 17.7 Å². The molecule has 0 fully saturated rings. The molecular weight excluding hydrogens is 343 g/mol. The Hall–Kier alpha value is -1.81. The first-order chi connectivity index (χ1) is 10.3. The molecule has 3 rings (SSSR count). The van der Waals surface area contributed by atoms with E-state index in [1.807, 2.05) is 0 Å². The summed E-state index contributed by atoms with van der Waals surface area (Å²) in [4.78, 5) is 8.72. The minimum absolute atomic E-state index is 0.107. The first-order valence-electron chi connectivity index (χ1n) is 7.08. The molecule has 2 aromatic carbocycles. The third kappa shape index (κ3) is 2.88. The number of hydrogen-bond donors (Lipinski definition) is 0. The van der Waals surface area contributed by atoms with Crippen LogP contribution in [0.5, 0.6) is 0 Å². The normalized spacial score (nSPS) is 11.9. The number of fused-ring (bicyclic) bond motifs is 1. The molecule has 0 spiro atoms. The maximum absolute atomic E-state index is 13.4. The molecule has 0 aliphatic rings. The first-order valence-corrected chi connectivity index (χ1v) is 7.87. The van der Waals surface area contributed by atoms with E-state index in [1.54, 1.807) is 6.07 Å². The summed E-state index contributed by atoms with van der Waals surface area (Å²) in [6.45, 7) is 6.55. The van der Waals surface area contributed by atoms with E-state index in [0.29, 0.717) is 10.3 Å². The van der Waals surface area contributed by atoms with Crippen LogP contribution in [0, 0.1) is 5.82 Å². The van der Waals surface area contributed by atoms with Crippen LogP contribution in [0.2, 0.25) is 0 Å². The molecule has 0 aliphatic carbocycles. The van der Waals surface area contributed by atoms with Crippen molar-refractivity contribution in [1.82, 2.24) is 9.97 Å². The van der Waals surface area contributed by atoms with Crippen LogP contribution in [0.4, 0.5) is 4.39 Å². The Labute approximate surface area is 137 Å². The van der Waals surface area contributed by atoms with Gasteiger partial charge in [-0.1, -0.05) is 45.0 Å². The Morgan fingerprint density at radius 1 is 0.955 bits per heavy atom. The van der Waals surface area contributed by atoms with E-state index in [0.717, 1.165) is 16.6 Å². The Morgan fingerprint density at radius 2 is 1.64 bits per heavy atom. The second-order valence-electron chi connectivity index (χ2n) is 6.33. The molecule has 0 saturated heterocycles. The lowest BCUT2D eigenvalue weighted by Gasteiger charge is -2.19. The van der Waals surface area contributed by atoms with Crippen LogP contribution >= 0.6 is 15.9 Å². The lowest BCUT2D eigenvalue weighted by molar-refractivity contribution is 0.590. The van der Waals surface area contributed by atoms with Crippen molar-refractivity contribution in [2.24, 2.45) is 0 Å². The highest BCUT2D eigenvalue weighted by atomic mass is 79.9. The van der Waals surface area contributed by atoms with Crippen molar-refractivity contribution in [1.29, 1.82) is 0 Å². The van der Waals surface area contributed by atoms with Crippen molar-refractivity contribution in [3.63, 3.8) is 0 Å². The lowest BCUT2D eigenvalue weighted by Crippen LogP contribution is -2.10. The first kappa shape index (κ1) is 15.1. The Kier molecular flexibility index (Phi) is 3.73. The Bertz CT molecular complexity index is 831. The van der Waals surface area contributed by atoms with Gasteiger partial charge in [-0.2, -0.15) is 0 Å². The summed E-state index contributed by atoms with van der Waals surface area (Å²) < 4.78 is 13.9. The van der Waals surface area contributed by atoms with Crippen molar-refractivity contribution >= 4 is 26.8 Å². The van der Waals surface area contributed by atoms with E-state index in [-0.39, 0.29) is 11.2 Å². The van der Waals surface area contributed by atoms with Crippen LogP contribution in [0.25, 0.3) is 22.2 Å². The van der Waals surface area contributed by atoms with Gasteiger partial charge in [0.2, 0.25) is 0 Å². The van der Waals surface area contributed by atoms with Crippen LogP contribution in [0.1, 0.15) is 26.3 Å². The number of rotatable bonds is 1. The van der Waals surface area contributed by atoms with E-state index >= 15 is 0 Å². The molecule has 0 saturated carbocycles. The van der Waals surface area contributed by atoms with Crippen LogP contribution in [-0.2, 0) is 5.41 Å². The van der Waals surface area contributed by atoms with Gasteiger partial charge in [0.05, 0.1) is 11.2 Å². The quantitative estimate of drug-likeness (QED) is 0.537. The van der Waals surface area contributed by atoms with E-state index in [9.17, 15) is 4.39 Å². The lowest BCUT2D eigenvalue weighted by atomic mass is 9.86. The van der Waals surface area contributed by atoms with Gasteiger partial charge in [0.15, 0.2) is 4.73 Å². The maximum atomic E-state index is 13.4. The smallest absolute Gasteiger partial charge is 0.197 e. The maximum Gasteiger partial charge on any atom is 0.197 e. The van der Waals surface area contributed by atoms with Crippen molar-refractivity contribution in [2.75, 3.05) is 0 Å². The van der Waals surface area contributed by atoms with Crippen molar-refractivity contribution < 1.29 is 4.39 Å². The van der Waals surface area contributed by atoms with Gasteiger partial charge in [0.1, 0.15) is 5.82 Å². The zero-order chi connectivity index (χ0) is 15.9. The molecule has 3 aromatic rings. The summed E-state index contributed by atoms with van der Waals surface area (Å²) in [5.74, 6) is -0.299. The van der Waals surface area contributed by atoms with Crippen molar-refractivity contribution in [3.8, 4) is 11.3 Å². The second-order valence-corrected chi connectivity index (χ2v) is 7.04. The molecule has 0 unspecified atom stereocenters. The molecule has 0 aliphatic heterocycles. The van der Waals surface area contributed by atoms with Gasteiger partial charge in [-0.15, -0.1) is 0 Å². The highest BCUT2D eigenvalue weighted by molar-refractivity contribution is 9.10.